The Balaban J connectivity index is 2.41. The fourth-order valence-corrected chi connectivity index (χ4v) is 5.17. The Labute approximate surface area is 117 Å². The third-order valence-corrected chi connectivity index (χ3v) is 6.63. The van der Waals surface area contributed by atoms with Crippen LogP contribution in [0.15, 0.2) is 23.1 Å². The van der Waals surface area contributed by atoms with Crippen molar-refractivity contribution in [2.45, 2.75) is 30.0 Å². The Kier molecular flexibility index (Phi) is 4.08. The summed E-state index contributed by atoms with van der Waals surface area (Å²) in [5, 5.41) is 0.217. The summed E-state index contributed by atoms with van der Waals surface area (Å²) >= 11 is 1.74. The fourth-order valence-electron chi connectivity index (χ4n) is 2.11. The number of nitrogens with zero attached hydrogens (tertiary/aromatic N) is 1. The number of nitrogens with two attached hydrogens (primary N) is 1. The van der Waals surface area contributed by atoms with Crippen LogP contribution in [0.4, 0.5) is 10.1 Å². The highest BCUT2D eigenvalue weighted by Gasteiger charge is 2.35. The lowest BCUT2D eigenvalue weighted by atomic mass is 10.2. The van der Waals surface area contributed by atoms with E-state index in [0.29, 0.717) is 6.54 Å². The Morgan fingerprint density at radius 3 is 2.68 bits per heavy atom. The molecule has 0 spiro atoms. The summed E-state index contributed by atoms with van der Waals surface area (Å²) in [5.41, 5.74) is 5.64. The SMILES string of the molecule is CC1SCCN(S(=O)(=O)c2cc(N)cc(F)c2)C1C. The maximum absolute atomic E-state index is 13.3. The number of anilines is 1. The van der Waals surface area contributed by atoms with Gasteiger partial charge >= 0.3 is 0 Å². The molecule has 19 heavy (non-hydrogen) atoms. The quantitative estimate of drug-likeness (QED) is 0.848. The topological polar surface area (TPSA) is 63.4 Å². The average Bonchev–Trinajstić information content (AvgIpc) is 2.31. The van der Waals surface area contributed by atoms with Crippen molar-refractivity contribution in [3.63, 3.8) is 0 Å². The molecule has 1 aliphatic rings. The van der Waals surface area contributed by atoms with Crippen LogP contribution in [0.5, 0.6) is 0 Å². The highest BCUT2D eigenvalue weighted by Crippen LogP contribution is 2.30. The standard InChI is InChI=1S/C12H17FN2O2S2/c1-8-9(2)18-4-3-15(8)19(16,17)12-6-10(13)5-11(14)7-12/h5-9H,3-4,14H2,1-2H3. The van der Waals surface area contributed by atoms with Gasteiger partial charge in [-0.2, -0.15) is 16.1 Å². The van der Waals surface area contributed by atoms with Gasteiger partial charge in [0.1, 0.15) is 5.82 Å². The molecule has 1 saturated heterocycles. The first kappa shape index (κ1) is 14.6. The predicted octanol–water partition coefficient (Wildman–Crippen LogP) is 1.92. The Hall–Kier alpha value is -0.790. The minimum atomic E-state index is -3.69. The van der Waals surface area contributed by atoms with Gasteiger partial charge in [-0.3, -0.25) is 0 Å². The molecule has 1 aliphatic heterocycles. The van der Waals surface area contributed by atoms with Crippen molar-refractivity contribution in [3.05, 3.63) is 24.0 Å². The molecule has 7 heteroatoms. The van der Waals surface area contributed by atoms with Crippen LogP contribution in [-0.4, -0.2) is 36.3 Å². The van der Waals surface area contributed by atoms with Crippen molar-refractivity contribution in [2.24, 2.45) is 0 Å². The summed E-state index contributed by atoms with van der Waals surface area (Å²) in [5.74, 6) is 0.112. The third kappa shape index (κ3) is 2.88. The van der Waals surface area contributed by atoms with E-state index in [1.54, 1.807) is 11.8 Å². The summed E-state index contributed by atoms with van der Waals surface area (Å²) in [6.45, 7) is 4.31. The highest BCUT2D eigenvalue weighted by molar-refractivity contribution is 8.00. The molecular formula is C12H17FN2O2S2. The molecule has 1 heterocycles. The van der Waals surface area contributed by atoms with E-state index in [9.17, 15) is 12.8 Å². The van der Waals surface area contributed by atoms with Crippen LogP contribution in [0.3, 0.4) is 0 Å². The number of rotatable bonds is 2. The lowest BCUT2D eigenvalue weighted by molar-refractivity contribution is 0.340. The van der Waals surface area contributed by atoms with Gasteiger partial charge in [-0.25, -0.2) is 12.8 Å². The van der Waals surface area contributed by atoms with Crippen LogP contribution >= 0.6 is 11.8 Å². The van der Waals surface area contributed by atoms with Gasteiger partial charge in [-0.15, -0.1) is 0 Å². The largest absolute Gasteiger partial charge is 0.399 e. The molecule has 1 aromatic carbocycles. The summed E-state index contributed by atoms with van der Waals surface area (Å²) in [4.78, 5) is -0.0732. The predicted molar refractivity (Wildman–Crippen MR) is 76.1 cm³/mol. The first-order valence-corrected chi connectivity index (χ1v) is 8.51. The second kappa shape index (κ2) is 5.30. The number of hydrogen-bond donors (Lipinski definition) is 1. The van der Waals surface area contributed by atoms with Crippen LogP contribution < -0.4 is 5.73 Å². The fraction of sp³-hybridized carbons (Fsp3) is 0.500. The second-order valence-corrected chi connectivity index (χ2v) is 8.03. The molecule has 2 rings (SSSR count). The smallest absolute Gasteiger partial charge is 0.243 e. The van der Waals surface area contributed by atoms with E-state index in [-0.39, 0.29) is 21.9 Å². The molecule has 0 bridgehead atoms. The Bertz CT molecular complexity index is 557. The van der Waals surface area contributed by atoms with Gasteiger partial charge in [0.15, 0.2) is 0 Å². The molecule has 1 fully saturated rings. The first-order valence-electron chi connectivity index (χ1n) is 6.02. The van der Waals surface area contributed by atoms with E-state index < -0.39 is 15.8 Å². The molecule has 2 atom stereocenters. The summed E-state index contributed by atoms with van der Waals surface area (Å²) in [6.07, 6.45) is 0. The average molecular weight is 304 g/mol. The van der Waals surface area contributed by atoms with E-state index in [0.717, 1.165) is 17.9 Å². The van der Waals surface area contributed by atoms with Gasteiger partial charge in [0.05, 0.1) is 4.90 Å². The van der Waals surface area contributed by atoms with Crippen LogP contribution in [0.25, 0.3) is 0 Å². The van der Waals surface area contributed by atoms with E-state index in [1.807, 2.05) is 13.8 Å². The van der Waals surface area contributed by atoms with Crippen LogP contribution in [0, 0.1) is 5.82 Å². The summed E-state index contributed by atoms with van der Waals surface area (Å²) in [7, 11) is -3.69. The van der Waals surface area contributed by atoms with E-state index in [4.69, 9.17) is 5.73 Å². The van der Waals surface area contributed by atoms with Crippen LogP contribution in [0.2, 0.25) is 0 Å². The molecule has 0 amide bonds. The third-order valence-electron chi connectivity index (χ3n) is 3.33. The van der Waals surface area contributed by atoms with Gasteiger partial charge in [0.2, 0.25) is 10.0 Å². The van der Waals surface area contributed by atoms with Crippen LogP contribution in [-0.2, 0) is 10.0 Å². The molecular weight excluding hydrogens is 287 g/mol. The van der Waals surface area contributed by atoms with Crippen molar-refractivity contribution in [2.75, 3.05) is 18.0 Å². The summed E-state index contributed by atoms with van der Waals surface area (Å²) in [6, 6.07) is 3.31. The molecule has 0 saturated carbocycles. The number of halogens is 1. The van der Waals surface area contributed by atoms with Crippen molar-refractivity contribution in [1.29, 1.82) is 0 Å². The number of thioether (sulfide) groups is 1. The zero-order chi connectivity index (χ0) is 14.2. The number of benzene rings is 1. The second-order valence-electron chi connectivity index (χ2n) is 4.65. The number of hydrogen-bond acceptors (Lipinski definition) is 4. The molecule has 2 unspecified atom stereocenters. The lowest BCUT2D eigenvalue weighted by Gasteiger charge is -2.36. The number of sulfonamides is 1. The molecule has 106 valence electrons. The Morgan fingerprint density at radius 1 is 1.37 bits per heavy atom. The zero-order valence-corrected chi connectivity index (χ0v) is 12.5. The van der Waals surface area contributed by atoms with Crippen LogP contribution in [0.1, 0.15) is 13.8 Å². The van der Waals surface area contributed by atoms with Crippen molar-refractivity contribution < 1.29 is 12.8 Å². The Morgan fingerprint density at radius 2 is 2.05 bits per heavy atom. The molecule has 0 radical (unpaired) electrons. The summed E-state index contributed by atoms with van der Waals surface area (Å²) < 4.78 is 39.8. The van der Waals surface area contributed by atoms with Gasteiger partial charge in [0.25, 0.3) is 0 Å². The van der Waals surface area contributed by atoms with Crippen molar-refractivity contribution in [3.8, 4) is 0 Å². The lowest BCUT2D eigenvalue weighted by Crippen LogP contribution is -2.47. The molecule has 2 N–H and O–H groups in total. The first-order chi connectivity index (χ1) is 8.82. The zero-order valence-electron chi connectivity index (χ0n) is 10.8. The van der Waals surface area contributed by atoms with E-state index >= 15 is 0 Å². The molecule has 0 aliphatic carbocycles. The monoisotopic (exact) mass is 304 g/mol. The van der Waals surface area contributed by atoms with Crippen molar-refractivity contribution >= 4 is 27.5 Å². The molecule has 1 aromatic rings. The number of nitrogen functional groups attached to an aromatic ring is 1. The minimum absolute atomic E-state index is 0.0732. The van der Waals surface area contributed by atoms with Gasteiger partial charge in [-0.05, 0) is 25.1 Å². The molecule has 4 nitrogen and oxygen atoms in total. The maximum atomic E-state index is 13.3. The van der Waals surface area contributed by atoms with Crippen molar-refractivity contribution in [1.82, 2.24) is 4.31 Å². The van der Waals surface area contributed by atoms with E-state index in [1.165, 1.54) is 10.4 Å². The van der Waals surface area contributed by atoms with Gasteiger partial charge in [-0.1, -0.05) is 6.92 Å². The van der Waals surface area contributed by atoms with E-state index in [2.05, 4.69) is 0 Å². The highest BCUT2D eigenvalue weighted by atomic mass is 32.2. The molecule has 0 aromatic heterocycles. The minimum Gasteiger partial charge on any atom is -0.399 e. The maximum Gasteiger partial charge on any atom is 0.243 e. The van der Waals surface area contributed by atoms with Gasteiger partial charge < -0.3 is 5.73 Å². The van der Waals surface area contributed by atoms with Gasteiger partial charge in [0, 0.05) is 29.3 Å². The normalized spacial score (nSPS) is 25.4.